The van der Waals surface area contributed by atoms with E-state index in [0.717, 1.165) is 19.4 Å². The SMILES string of the molecule is CCN(Cc1nc2c(cnn2C)c(=O)[nH]1)[C@@H]1CCc2ccccc21. The van der Waals surface area contributed by atoms with Crippen LogP contribution in [0.4, 0.5) is 0 Å². The van der Waals surface area contributed by atoms with E-state index in [-0.39, 0.29) is 5.56 Å². The van der Waals surface area contributed by atoms with Crippen molar-refractivity contribution < 1.29 is 0 Å². The van der Waals surface area contributed by atoms with Gasteiger partial charge in [0.15, 0.2) is 5.65 Å². The number of nitrogens with one attached hydrogen (secondary N) is 1. The number of hydrogen-bond acceptors (Lipinski definition) is 4. The van der Waals surface area contributed by atoms with Gasteiger partial charge in [-0.2, -0.15) is 5.10 Å². The molecule has 0 aliphatic heterocycles. The predicted octanol–water partition coefficient (Wildman–Crippen LogP) is 2.17. The Hall–Kier alpha value is -2.47. The first-order chi connectivity index (χ1) is 11.7. The lowest BCUT2D eigenvalue weighted by atomic mass is 10.1. The minimum absolute atomic E-state index is 0.119. The standard InChI is InChI=1S/C18H21N5O/c1-3-23(15-9-8-12-6-4-5-7-13(12)15)11-16-20-17-14(18(24)21-16)10-19-22(17)2/h4-7,10,15H,3,8-9,11H2,1-2H3,(H,20,21,24)/t15-/m1/s1. The molecular formula is C18H21N5O. The average molecular weight is 323 g/mol. The fourth-order valence-corrected chi connectivity index (χ4v) is 3.70. The van der Waals surface area contributed by atoms with Crippen LogP contribution in [0.2, 0.25) is 0 Å². The van der Waals surface area contributed by atoms with Crippen molar-refractivity contribution in [3.05, 3.63) is 57.8 Å². The van der Waals surface area contributed by atoms with E-state index in [9.17, 15) is 4.79 Å². The molecule has 24 heavy (non-hydrogen) atoms. The molecule has 0 saturated carbocycles. The molecule has 3 aromatic rings. The molecule has 1 atom stereocenters. The Balaban J connectivity index is 1.66. The molecule has 2 heterocycles. The minimum Gasteiger partial charge on any atom is -0.309 e. The molecule has 1 N–H and O–H groups in total. The summed E-state index contributed by atoms with van der Waals surface area (Å²) in [5.41, 5.74) is 3.36. The molecular weight excluding hydrogens is 302 g/mol. The van der Waals surface area contributed by atoms with Crippen molar-refractivity contribution in [1.82, 2.24) is 24.6 Å². The van der Waals surface area contributed by atoms with Crippen LogP contribution < -0.4 is 5.56 Å². The van der Waals surface area contributed by atoms with Crippen molar-refractivity contribution in [1.29, 1.82) is 0 Å². The Labute approximate surface area is 140 Å². The smallest absolute Gasteiger partial charge is 0.262 e. The largest absolute Gasteiger partial charge is 0.309 e. The molecule has 1 aliphatic carbocycles. The van der Waals surface area contributed by atoms with Crippen LogP contribution in [-0.4, -0.2) is 31.2 Å². The van der Waals surface area contributed by atoms with Gasteiger partial charge in [0.2, 0.25) is 0 Å². The predicted molar refractivity (Wildman–Crippen MR) is 92.7 cm³/mol. The number of aryl methyl sites for hydroxylation is 2. The maximum absolute atomic E-state index is 12.2. The van der Waals surface area contributed by atoms with Crippen LogP contribution in [0, 0.1) is 0 Å². The van der Waals surface area contributed by atoms with Crippen molar-refractivity contribution >= 4 is 11.0 Å². The molecule has 4 rings (SSSR count). The van der Waals surface area contributed by atoms with Crippen molar-refractivity contribution in [3.8, 4) is 0 Å². The summed E-state index contributed by atoms with van der Waals surface area (Å²) in [7, 11) is 1.81. The average Bonchev–Trinajstić information content (AvgIpc) is 3.17. The molecule has 0 saturated heterocycles. The molecule has 0 spiro atoms. The van der Waals surface area contributed by atoms with E-state index in [4.69, 9.17) is 0 Å². The highest BCUT2D eigenvalue weighted by molar-refractivity contribution is 5.72. The highest BCUT2D eigenvalue weighted by atomic mass is 16.1. The van der Waals surface area contributed by atoms with Crippen LogP contribution in [0.3, 0.4) is 0 Å². The second-order valence-corrected chi connectivity index (χ2v) is 6.33. The van der Waals surface area contributed by atoms with E-state index in [1.54, 1.807) is 10.9 Å². The van der Waals surface area contributed by atoms with Crippen molar-refractivity contribution in [2.75, 3.05) is 6.54 Å². The van der Waals surface area contributed by atoms with Gasteiger partial charge in [-0.05, 0) is 30.5 Å². The highest BCUT2D eigenvalue weighted by Crippen LogP contribution is 2.35. The lowest BCUT2D eigenvalue weighted by Crippen LogP contribution is -2.29. The van der Waals surface area contributed by atoms with Crippen LogP contribution in [0.15, 0.2) is 35.3 Å². The second kappa shape index (κ2) is 5.87. The van der Waals surface area contributed by atoms with Crippen molar-refractivity contribution in [2.45, 2.75) is 32.4 Å². The van der Waals surface area contributed by atoms with Gasteiger partial charge >= 0.3 is 0 Å². The second-order valence-electron chi connectivity index (χ2n) is 6.33. The Kier molecular flexibility index (Phi) is 3.69. The van der Waals surface area contributed by atoms with Crippen LogP contribution >= 0.6 is 0 Å². The van der Waals surface area contributed by atoms with E-state index < -0.39 is 0 Å². The van der Waals surface area contributed by atoms with Gasteiger partial charge in [0.1, 0.15) is 11.2 Å². The lowest BCUT2D eigenvalue weighted by Gasteiger charge is -2.27. The number of rotatable bonds is 4. The summed E-state index contributed by atoms with van der Waals surface area (Å²) in [4.78, 5) is 22.1. The summed E-state index contributed by atoms with van der Waals surface area (Å²) < 4.78 is 1.65. The number of aromatic nitrogens is 4. The number of fused-ring (bicyclic) bond motifs is 2. The normalized spacial score (nSPS) is 16.9. The zero-order chi connectivity index (χ0) is 16.7. The molecule has 0 fully saturated rings. The third kappa shape index (κ3) is 2.43. The minimum atomic E-state index is -0.119. The summed E-state index contributed by atoms with van der Waals surface area (Å²) in [6.07, 6.45) is 3.79. The quantitative estimate of drug-likeness (QED) is 0.799. The number of H-pyrrole nitrogens is 1. The van der Waals surface area contributed by atoms with Crippen molar-refractivity contribution in [2.24, 2.45) is 7.05 Å². The van der Waals surface area contributed by atoms with E-state index in [2.05, 4.69) is 51.2 Å². The van der Waals surface area contributed by atoms with E-state index in [1.807, 2.05) is 7.05 Å². The molecule has 1 aromatic carbocycles. The molecule has 124 valence electrons. The van der Waals surface area contributed by atoms with Gasteiger partial charge in [-0.3, -0.25) is 14.4 Å². The lowest BCUT2D eigenvalue weighted by molar-refractivity contribution is 0.193. The summed E-state index contributed by atoms with van der Waals surface area (Å²) in [6.45, 7) is 3.69. The summed E-state index contributed by atoms with van der Waals surface area (Å²) in [5, 5.41) is 4.66. The van der Waals surface area contributed by atoms with Gasteiger partial charge < -0.3 is 4.98 Å². The number of nitrogens with zero attached hydrogens (tertiary/aromatic N) is 4. The molecule has 0 bridgehead atoms. The molecule has 6 nitrogen and oxygen atoms in total. The first-order valence-corrected chi connectivity index (χ1v) is 8.40. The van der Waals surface area contributed by atoms with Gasteiger partial charge in [-0.15, -0.1) is 0 Å². The molecule has 2 aromatic heterocycles. The Morgan fingerprint density at radius 3 is 3.04 bits per heavy atom. The third-order valence-corrected chi connectivity index (χ3v) is 4.95. The zero-order valence-corrected chi connectivity index (χ0v) is 14.0. The van der Waals surface area contributed by atoms with Gasteiger partial charge in [0.05, 0.1) is 12.7 Å². The first-order valence-electron chi connectivity index (χ1n) is 8.40. The van der Waals surface area contributed by atoms with Gasteiger partial charge in [-0.25, -0.2) is 4.98 Å². The van der Waals surface area contributed by atoms with Crippen molar-refractivity contribution in [3.63, 3.8) is 0 Å². The first kappa shape index (κ1) is 15.1. The summed E-state index contributed by atoms with van der Waals surface area (Å²) in [6, 6.07) is 9.03. The molecule has 1 aliphatic rings. The molecule has 0 radical (unpaired) electrons. The summed E-state index contributed by atoms with van der Waals surface area (Å²) >= 11 is 0. The molecule has 0 amide bonds. The maximum Gasteiger partial charge on any atom is 0.262 e. The highest BCUT2D eigenvalue weighted by Gasteiger charge is 2.27. The fraction of sp³-hybridized carbons (Fsp3) is 0.389. The number of benzene rings is 1. The molecule has 0 unspecified atom stereocenters. The van der Waals surface area contributed by atoms with Crippen LogP contribution in [0.5, 0.6) is 0 Å². The Bertz CT molecular complexity index is 942. The molecule has 6 heteroatoms. The van der Waals surface area contributed by atoms with Gasteiger partial charge in [0, 0.05) is 13.1 Å². The zero-order valence-electron chi connectivity index (χ0n) is 14.0. The Morgan fingerprint density at radius 1 is 1.38 bits per heavy atom. The summed E-state index contributed by atoms with van der Waals surface area (Å²) in [5.74, 6) is 0.697. The van der Waals surface area contributed by atoms with E-state index >= 15 is 0 Å². The number of aromatic amines is 1. The Morgan fingerprint density at radius 2 is 2.21 bits per heavy atom. The van der Waals surface area contributed by atoms with E-state index in [1.165, 1.54) is 11.1 Å². The van der Waals surface area contributed by atoms with Gasteiger partial charge in [-0.1, -0.05) is 31.2 Å². The monoisotopic (exact) mass is 323 g/mol. The third-order valence-electron chi connectivity index (χ3n) is 4.95. The van der Waals surface area contributed by atoms with Crippen LogP contribution in [0.25, 0.3) is 11.0 Å². The van der Waals surface area contributed by atoms with Crippen LogP contribution in [0.1, 0.15) is 36.3 Å². The van der Waals surface area contributed by atoms with Crippen LogP contribution in [-0.2, 0) is 20.0 Å². The maximum atomic E-state index is 12.2. The van der Waals surface area contributed by atoms with E-state index in [0.29, 0.717) is 29.4 Å². The van der Waals surface area contributed by atoms with Gasteiger partial charge in [0.25, 0.3) is 5.56 Å². The number of hydrogen-bond donors (Lipinski definition) is 1. The fourth-order valence-electron chi connectivity index (χ4n) is 3.70. The topological polar surface area (TPSA) is 66.8 Å².